The molecule has 0 unspecified atom stereocenters. The van der Waals surface area contributed by atoms with Gasteiger partial charge < -0.3 is 9.30 Å². The van der Waals surface area contributed by atoms with Crippen LogP contribution in [-0.2, 0) is 27.7 Å². The van der Waals surface area contributed by atoms with Crippen molar-refractivity contribution in [1.82, 2.24) is 18.7 Å². The van der Waals surface area contributed by atoms with Crippen LogP contribution in [0.3, 0.4) is 0 Å². The maximum absolute atomic E-state index is 13.4. The predicted molar refractivity (Wildman–Crippen MR) is 127 cm³/mol. The Hall–Kier alpha value is -2.43. The Kier molecular flexibility index (Phi) is 5.47. The van der Waals surface area contributed by atoms with E-state index in [0.717, 1.165) is 32.1 Å². The lowest BCUT2D eigenvalue weighted by Gasteiger charge is -2.27. The van der Waals surface area contributed by atoms with Gasteiger partial charge in [0.2, 0.25) is 0 Å². The number of rotatable bonds is 7. The first-order valence-corrected chi connectivity index (χ1v) is 13.2. The molecule has 0 radical (unpaired) electrons. The van der Waals surface area contributed by atoms with Gasteiger partial charge in [-0.25, -0.2) is 13.2 Å². The normalized spacial score (nSPS) is 14.9. The maximum atomic E-state index is 13.4. The summed E-state index contributed by atoms with van der Waals surface area (Å²) in [5.41, 5.74) is 3.50. The van der Waals surface area contributed by atoms with Gasteiger partial charge in [0.1, 0.15) is 9.84 Å². The van der Waals surface area contributed by atoms with E-state index in [-0.39, 0.29) is 17.5 Å². The summed E-state index contributed by atoms with van der Waals surface area (Å²) in [6.07, 6.45) is 5.18. The molecule has 0 spiro atoms. The zero-order chi connectivity index (χ0) is 22.5. The molecule has 0 saturated carbocycles. The quantitative estimate of drug-likeness (QED) is 0.375. The molecule has 168 valence electrons. The summed E-state index contributed by atoms with van der Waals surface area (Å²) in [5.74, 6) is 0.119. The Balaban J connectivity index is 1.60. The molecule has 4 heterocycles. The van der Waals surface area contributed by atoms with Crippen molar-refractivity contribution in [3.05, 3.63) is 63.4 Å². The molecule has 0 aliphatic carbocycles. The lowest BCUT2D eigenvalue weighted by Crippen LogP contribution is -2.38. The molecule has 1 saturated heterocycles. The smallest absolute Gasteiger partial charge is 0.329 e. The second kappa shape index (κ2) is 8.17. The maximum Gasteiger partial charge on any atom is 0.329 e. The topological polar surface area (TPSA) is 88.1 Å². The van der Waals surface area contributed by atoms with Gasteiger partial charge in [-0.3, -0.25) is 14.1 Å². The Morgan fingerprint density at radius 2 is 1.94 bits per heavy atom. The summed E-state index contributed by atoms with van der Waals surface area (Å²) in [5, 5.41) is 1.04. The minimum absolute atomic E-state index is 0.0326. The lowest BCUT2D eigenvalue weighted by atomic mass is 10.2. The average Bonchev–Trinajstić information content (AvgIpc) is 3.16. The fourth-order valence-electron chi connectivity index (χ4n) is 4.35. The van der Waals surface area contributed by atoms with Crippen LogP contribution in [0.25, 0.3) is 21.9 Å². The molecule has 3 aromatic heterocycles. The largest absolute Gasteiger partial charge is 0.377 e. The molecule has 1 aliphatic heterocycles. The first-order chi connectivity index (χ1) is 15.3. The highest BCUT2D eigenvalue weighted by Gasteiger charge is 2.26. The Morgan fingerprint density at radius 3 is 2.66 bits per heavy atom. The van der Waals surface area contributed by atoms with E-state index in [0.29, 0.717) is 32.7 Å². The fourth-order valence-corrected chi connectivity index (χ4v) is 5.38. The first kappa shape index (κ1) is 21.4. The SMILES string of the molecule is CS(=O)(=O)CCCn1c(Cn2c(=O)n(C3COC3)c3ccncc32)cc2cc(Br)ccc21. The number of hydrogen-bond donors (Lipinski definition) is 0. The minimum Gasteiger partial charge on any atom is -0.377 e. The number of pyridine rings is 1. The van der Waals surface area contributed by atoms with E-state index in [1.807, 2.05) is 24.3 Å². The van der Waals surface area contributed by atoms with Crippen LogP contribution in [0.1, 0.15) is 18.2 Å². The molecular formula is C22H23BrN4O4S. The number of halogens is 1. The second-order valence-corrected chi connectivity index (χ2v) is 11.4. The van der Waals surface area contributed by atoms with E-state index in [4.69, 9.17) is 4.74 Å². The molecule has 32 heavy (non-hydrogen) atoms. The van der Waals surface area contributed by atoms with E-state index < -0.39 is 9.84 Å². The van der Waals surface area contributed by atoms with Crippen molar-refractivity contribution in [3.63, 3.8) is 0 Å². The molecule has 5 rings (SSSR count). The monoisotopic (exact) mass is 518 g/mol. The van der Waals surface area contributed by atoms with Crippen LogP contribution < -0.4 is 5.69 Å². The number of nitrogens with zero attached hydrogens (tertiary/aromatic N) is 4. The first-order valence-electron chi connectivity index (χ1n) is 10.4. The summed E-state index contributed by atoms with van der Waals surface area (Å²) < 4.78 is 35.3. The molecule has 0 bridgehead atoms. The van der Waals surface area contributed by atoms with E-state index in [1.165, 1.54) is 6.26 Å². The number of aryl methyl sites for hydroxylation is 1. The van der Waals surface area contributed by atoms with Crippen molar-refractivity contribution in [2.45, 2.75) is 25.6 Å². The molecule has 8 nitrogen and oxygen atoms in total. The summed E-state index contributed by atoms with van der Waals surface area (Å²) in [6.45, 7) is 1.98. The number of hydrogen-bond acceptors (Lipinski definition) is 5. The van der Waals surface area contributed by atoms with Crippen LogP contribution in [-0.4, -0.2) is 52.3 Å². The standard InChI is InChI=1S/C22H23BrN4O4S/c1-32(29,30)8-2-7-25-17(10-15-9-16(23)3-4-19(15)25)12-26-21-11-24-6-5-20(21)27(22(26)28)18-13-31-14-18/h3-6,9-11,18H,2,7-8,12-14H2,1H3. The number of fused-ring (bicyclic) bond motifs is 2. The summed E-state index contributed by atoms with van der Waals surface area (Å²) in [6, 6.07) is 9.99. The van der Waals surface area contributed by atoms with Crippen molar-refractivity contribution >= 4 is 47.7 Å². The van der Waals surface area contributed by atoms with Gasteiger partial charge in [-0.05, 0) is 36.8 Å². The molecule has 10 heteroatoms. The van der Waals surface area contributed by atoms with Crippen LogP contribution in [0, 0.1) is 0 Å². The third-order valence-electron chi connectivity index (χ3n) is 5.92. The van der Waals surface area contributed by atoms with Crippen molar-refractivity contribution in [3.8, 4) is 0 Å². The Labute approximate surface area is 193 Å². The highest BCUT2D eigenvalue weighted by atomic mass is 79.9. The highest BCUT2D eigenvalue weighted by Crippen LogP contribution is 2.27. The number of aromatic nitrogens is 4. The van der Waals surface area contributed by atoms with E-state index in [1.54, 1.807) is 21.5 Å². The molecule has 0 amide bonds. The third-order valence-corrected chi connectivity index (χ3v) is 7.44. The van der Waals surface area contributed by atoms with Crippen LogP contribution in [0.15, 0.2) is 52.0 Å². The van der Waals surface area contributed by atoms with Crippen molar-refractivity contribution in [2.75, 3.05) is 25.2 Å². The number of ether oxygens (including phenoxy) is 1. The van der Waals surface area contributed by atoms with Gasteiger partial charge in [-0.1, -0.05) is 15.9 Å². The van der Waals surface area contributed by atoms with Gasteiger partial charge >= 0.3 is 5.69 Å². The second-order valence-electron chi connectivity index (χ2n) is 8.27. The van der Waals surface area contributed by atoms with Crippen LogP contribution in [0.5, 0.6) is 0 Å². The van der Waals surface area contributed by atoms with Gasteiger partial charge in [0, 0.05) is 40.1 Å². The van der Waals surface area contributed by atoms with Crippen LogP contribution in [0.2, 0.25) is 0 Å². The van der Waals surface area contributed by atoms with Gasteiger partial charge in [0.05, 0.1) is 48.8 Å². The van der Waals surface area contributed by atoms with E-state index in [9.17, 15) is 13.2 Å². The third kappa shape index (κ3) is 3.91. The predicted octanol–water partition coefficient (Wildman–Crippen LogP) is 2.97. The van der Waals surface area contributed by atoms with E-state index in [2.05, 4.69) is 31.5 Å². The molecule has 1 fully saturated rings. The molecule has 0 N–H and O–H groups in total. The average molecular weight is 519 g/mol. The zero-order valence-corrected chi connectivity index (χ0v) is 20.0. The number of imidazole rings is 1. The molecule has 1 aromatic carbocycles. The summed E-state index contributed by atoms with van der Waals surface area (Å²) >= 11 is 3.52. The number of sulfone groups is 1. The Bertz CT molecular complexity index is 1480. The molecule has 0 atom stereocenters. The van der Waals surface area contributed by atoms with Gasteiger partial charge in [-0.15, -0.1) is 0 Å². The molecule has 4 aromatic rings. The lowest BCUT2D eigenvalue weighted by molar-refractivity contribution is -0.0231. The summed E-state index contributed by atoms with van der Waals surface area (Å²) in [4.78, 5) is 17.6. The van der Waals surface area contributed by atoms with Gasteiger partial charge in [0.25, 0.3) is 0 Å². The zero-order valence-electron chi connectivity index (χ0n) is 17.6. The van der Waals surface area contributed by atoms with Crippen molar-refractivity contribution < 1.29 is 13.2 Å². The summed E-state index contributed by atoms with van der Waals surface area (Å²) in [7, 11) is -3.05. The van der Waals surface area contributed by atoms with E-state index >= 15 is 0 Å². The van der Waals surface area contributed by atoms with Gasteiger partial charge in [-0.2, -0.15) is 0 Å². The minimum atomic E-state index is -3.05. The molecular weight excluding hydrogens is 496 g/mol. The highest BCUT2D eigenvalue weighted by molar-refractivity contribution is 9.10. The fraction of sp³-hybridized carbons (Fsp3) is 0.364. The number of benzene rings is 1. The Morgan fingerprint density at radius 1 is 1.12 bits per heavy atom. The van der Waals surface area contributed by atoms with Crippen LogP contribution >= 0.6 is 15.9 Å². The van der Waals surface area contributed by atoms with Crippen molar-refractivity contribution in [2.24, 2.45) is 0 Å². The van der Waals surface area contributed by atoms with Gasteiger partial charge in [0.15, 0.2) is 0 Å². The van der Waals surface area contributed by atoms with Crippen LogP contribution in [0.4, 0.5) is 0 Å². The van der Waals surface area contributed by atoms with Crippen molar-refractivity contribution in [1.29, 1.82) is 0 Å². The molecule has 1 aliphatic rings.